The molecule has 10 heteroatoms. The van der Waals surface area contributed by atoms with Gasteiger partial charge >= 0.3 is 0 Å². The number of nitrogens with one attached hydrogen (secondary N) is 3. The van der Waals surface area contributed by atoms with E-state index < -0.39 is 21.8 Å². The molecular formula is C20H22N4O5S. The Morgan fingerprint density at radius 1 is 1.07 bits per heavy atom. The Balaban J connectivity index is 1.44. The number of ether oxygens (including phenoxy) is 1. The number of sulfonamides is 1. The second kappa shape index (κ2) is 8.95. The summed E-state index contributed by atoms with van der Waals surface area (Å²) in [5.74, 6) is -0.169. The van der Waals surface area contributed by atoms with Crippen molar-refractivity contribution in [2.45, 2.75) is 25.2 Å². The highest BCUT2D eigenvalue weighted by molar-refractivity contribution is 7.90. The van der Waals surface area contributed by atoms with Crippen molar-refractivity contribution in [2.24, 2.45) is 4.99 Å². The fourth-order valence-electron chi connectivity index (χ4n) is 2.76. The predicted molar refractivity (Wildman–Crippen MR) is 110 cm³/mol. The van der Waals surface area contributed by atoms with Crippen LogP contribution < -0.4 is 20.3 Å². The van der Waals surface area contributed by atoms with E-state index in [2.05, 4.69) is 20.6 Å². The van der Waals surface area contributed by atoms with Gasteiger partial charge in [-0.3, -0.25) is 30.2 Å². The number of aryl methyl sites for hydroxylation is 2. The molecule has 1 aliphatic heterocycles. The summed E-state index contributed by atoms with van der Waals surface area (Å²) >= 11 is 0. The molecule has 9 nitrogen and oxygen atoms in total. The Bertz CT molecular complexity index is 1110. The van der Waals surface area contributed by atoms with Crippen molar-refractivity contribution in [2.75, 3.05) is 13.2 Å². The van der Waals surface area contributed by atoms with Gasteiger partial charge in [-0.2, -0.15) is 0 Å². The molecule has 30 heavy (non-hydrogen) atoms. The third-order valence-electron chi connectivity index (χ3n) is 4.32. The first-order chi connectivity index (χ1) is 14.3. The number of fused-ring (bicyclic) bond motifs is 1. The normalized spacial score (nSPS) is 15.2. The van der Waals surface area contributed by atoms with Crippen molar-refractivity contribution >= 4 is 27.7 Å². The zero-order valence-electron chi connectivity index (χ0n) is 16.6. The lowest BCUT2D eigenvalue weighted by Crippen LogP contribution is -2.44. The second-order valence-corrected chi connectivity index (χ2v) is 8.39. The molecule has 3 N–H and O–H groups in total. The summed E-state index contributed by atoms with van der Waals surface area (Å²) in [6.07, 6.45) is -0.0362. The molecule has 0 aliphatic carbocycles. The molecular weight excluding hydrogens is 408 g/mol. The number of amides is 2. The standard InChI is InChI=1S/C20H22N4O5S/c1-13-7-8-14(2)16(11-13)29-12-19(26)23-22-18(25)9-10-21-20-15-5-3-4-6-17(15)30(27,28)24-20/h3-8,11H,9-10,12H2,1-2H3,(H,21,24)(H,22,25)(H,23,26). The number of hydrogen-bond donors (Lipinski definition) is 3. The van der Waals surface area contributed by atoms with Crippen LogP contribution in [-0.2, 0) is 19.6 Å². The van der Waals surface area contributed by atoms with Crippen LogP contribution in [0.1, 0.15) is 23.1 Å². The van der Waals surface area contributed by atoms with Crippen molar-refractivity contribution in [3.05, 3.63) is 59.2 Å². The molecule has 3 rings (SSSR count). The number of hydrogen-bond acceptors (Lipinski definition) is 6. The Hall–Kier alpha value is -3.40. The summed E-state index contributed by atoms with van der Waals surface area (Å²) in [5, 5.41) is 0. The summed E-state index contributed by atoms with van der Waals surface area (Å²) in [6, 6.07) is 12.1. The van der Waals surface area contributed by atoms with E-state index in [9.17, 15) is 18.0 Å². The number of hydrazine groups is 1. The quantitative estimate of drug-likeness (QED) is 0.589. The molecule has 0 spiro atoms. The van der Waals surface area contributed by atoms with Crippen LogP contribution in [0.2, 0.25) is 0 Å². The van der Waals surface area contributed by atoms with Gasteiger partial charge in [0, 0.05) is 12.0 Å². The zero-order chi connectivity index (χ0) is 21.7. The number of amidine groups is 1. The highest BCUT2D eigenvalue weighted by Gasteiger charge is 2.29. The minimum absolute atomic E-state index is 0.0362. The summed E-state index contributed by atoms with van der Waals surface area (Å²) in [5.41, 5.74) is 6.93. The van der Waals surface area contributed by atoms with Gasteiger partial charge in [0.2, 0.25) is 5.91 Å². The van der Waals surface area contributed by atoms with Gasteiger partial charge in [-0.05, 0) is 43.2 Å². The lowest BCUT2D eigenvalue weighted by molar-refractivity contribution is -0.129. The first-order valence-electron chi connectivity index (χ1n) is 9.20. The Kier molecular flexibility index (Phi) is 6.36. The minimum atomic E-state index is -3.61. The predicted octanol–water partition coefficient (Wildman–Crippen LogP) is 0.958. The molecule has 0 atom stereocenters. The van der Waals surface area contributed by atoms with Crippen LogP contribution in [0.4, 0.5) is 0 Å². The topological polar surface area (TPSA) is 126 Å². The maximum Gasteiger partial charge on any atom is 0.276 e. The van der Waals surface area contributed by atoms with Gasteiger partial charge in [-0.25, -0.2) is 8.42 Å². The van der Waals surface area contributed by atoms with Crippen LogP contribution in [0.25, 0.3) is 0 Å². The molecule has 0 aromatic heterocycles. The van der Waals surface area contributed by atoms with Gasteiger partial charge in [0.25, 0.3) is 15.9 Å². The average Bonchev–Trinajstić information content (AvgIpc) is 2.97. The fraction of sp³-hybridized carbons (Fsp3) is 0.250. The highest BCUT2D eigenvalue weighted by atomic mass is 32.2. The van der Waals surface area contributed by atoms with E-state index in [0.29, 0.717) is 11.3 Å². The lowest BCUT2D eigenvalue weighted by Gasteiger charge is -2.10. The highest BCUT2D eigenvalue weighted by Crippen LogP contribution is 2.22. The van der Waals surface area contributed by atoms with Crippen LogP contribution >= 0.6 is 0 Å². The van der Waals surface area contributed by atoms with Gasteiger partial charge in [0.1, 0.15) is 11.6 Å². The first kappa shape index (κ1) is 21.3. The number of rotatable bonds is 6. The van der Waals surface area contributed by atoms with Crippen molar-refractivity contribution in [3.8, 4) is 5.75 Å². The van der Waals surface area contributed by atoms with Gasteiger partial charge in [-0.15, -0.1) is 0 Å². The monoisotopic (exact) mass is 430 g/mol. The van der Waals surface area contributed by atoms with Gasteiger partial charge in [0.05, 0.1) is 11.4 Å². The lowest BCUT2D eigenvalue weighted by atomic mass is 10.1. The van der Waals surface area contributed by atoms with Crippen LogP contribution in [0.5, 0.6) is 5.75 Å². The van der Waals surface area contributed by atoms with Crippen LogP contribution in [0.3, 0.4) is 0 Å². The van der Waals surface area contributed by atoms with Crippen molar-refractivity contribution < 1.29 is 22.7 Å². The second-order valence-electron chi connectivity index (χ2n) is 6.74. The smallest absolute Gasteiger partial charge is 0.276 e. The van der Waals surface area contributed by atoms with E-state index in [1.807, 2.05) is 32.0 Å². The van der Waals surface area contributed by atoms with Gasteiger partial charge < -0.3 is 4.74 Å². The minimum Gasteiger partial charge on any atom is -0.483 e. The van der Waals surface area contributed by atoms with E-state index in [0.717, 1.165) is 11.1 Å². The number of nitrogens with zero attached hydrogens (tertiary/aromatic N) is 1. The van der Waals surface area contributed by atoms with E-state index in [1.165, 1.54) is 6.07 Å². The van der Waals surface area contributed by atoms with E-state index >= 15 is 0 Å². The molecule has 0 saturated heterocycles. The molecule has 0 fully saturated rings. The molecule has 0 saturated carbocycles. The van der Waals surface area contributed by atoms with Gasteiger partial charge in [0.15, 0.2) is 6.61 Å². The summed E-state index contributed by atoms with van der Waals surface area (Å²) in [6.45, 7) is 3.60. The molecule has 0 radical (unpaired) electrons. The Labute approximate surface area is 174 Å². The first-order valence-corrected chi connectivity index (χ1v) is 10.7. The Morgan fingerprint density at radius 3 is 2.60 bits per heavy atom. The largest absolute Gasteiger partial charge is 0.483 e. The average molecular weight is 430 g/mol. The molecule has 1 aliphatic rings. The number of carbonyl (C=O) groups is 2. The van der Waals surface area contributed by atoms with E-state index in [-0.39, 0.29) is 30.3 Å². The number of aliphatic imine (C=N–C) groups is 1. The van der Waals surface area contributed by atoms with Crippen molar-refractivity contribution in [1.29, 1.82) is 0 Å². The molecule has 0 unspecified atom stereocenters. The maximum atomic E-state index is 12.0. The fourth-order valence-corrected chi connectivity index (χ4v) is 4.02. The molecule has 2 amide bonds. The summed E-state index contributed by atoms with van der Waals surface area (Å²) in [4.78, 5) is 28.1. The summed E-state index contributed by atoms with van der Waals surface area (Å²) < 4.78 is 31.8. The number of carbonyl (C=O) groups excluding carboxylic acids is 2. The van der Waals surface area contributed by atoms with Gasteiger partial charge in [-0.1, -0.05) is 24.3 Å². The van der Waals surface area contributed by atoms with Crippen LogP contribution in [-0.4, -0.2) is 39.2 Å². The van der Waals surface area contributed by atoms with Crippen LogP contribution in [0.15, 0.2) is 52.4 Å². The number of benzene rings is 2. The molecule has 1 heterocycles. The summed E-state index contributed by atoms with van der Waals surface area (Å²) in [7, 11) is -3.61. The third kappa shape index (κ3) is 5.15. The van der Waals surface area contributed by atoms with Crippen LogP contribution in [0, 0.1) is 13.8 Å². The van der Waals surface area contributed by atoms with E-state index in [4.69, 9.17) is 4.74 Å². The van der Waals surface area contributed by atoms with Crippen molar-refractivity contribution in [3.63, 3.8) is 0 Å². The molecule has 158 valence electrons. The molecule has 2 aromatic carbocycles. The molecule has 0 bridgehead atoms. The SMILES string of the molecule is Cc1ccc(C)c(OCC(=O)NNC(=O)CCN=C2NS(=O)(=O)c3ccccc32)c1. The van der Waals surface area contributed by atoms with Crippen molar-refractivity contribution in [1.82, 2.24) is 15.6 Å². The maximum absolute atomic E-state index is 12.0. The Morgan fingerprint density at radius 2 is 1.80 bits per heavy atom. The zero-order valence-corrected chi connectivity index (χ0v) is 17.4. The molecule has 2 aromatic rings. The van der Waals surface area contributed by atoms with E-state index in [1.54, 1.807) is 18.2 Å². The third-order valence-corrected chi connectivity index (χ3v) is 5.71.